The minimum atomic E-state index is -1.20. The average molecular weight is 431 g/mol. The molecule has 1 aromatic carbocycles. The highest BCUT2D eigenvalue weighted by atomic mass is 16.4. The zero-order chi connectivity index (χ0) is 22.8. The quantitative estimate of drug-likeness (QED) is 0.575. The molecule has 3 amide bonds. The fourth-order valence-electron chi connectivity index (χ4n) is 4.24. The number of nitrogens with one attached hydrogen (secondary N) is 1. The van der Waals surface area contributed by atoms with Crippen LogP contribution in [-0.2, 0) is 25.6 Å². The number of benzene rings is 1. The SMILES string of the molecule is CC(=O)N(C)c1cc(N2CCC(O)(CC(=O)O)CC2)ccc1CC1CCC(=O)NC1=O. The van der Waals surface area contributed by atoms with Gasteiger partial charge in [0.15, 0.2) is 0 Å². The lowest BCUT2D eigenvalue weighted by Crippen LogP contribution is -2.45. The second kappa shape index (κ2) is 9.05. The Bertz CT molecular complexity index is 891. The third-order valence-corrected chi connectivity index (χ3v) is 6.26. The van der Waals surface area contributed by atoms with Crippen molar-refractivity contribution in [3.05, 3.63) is 23.8 Å². The topological polar surface area (TPSA) is 127 Å². The molecule has 0 radical (unpaired) electrons. The van der Waals surface area contributed by atoms with E-state index in [1.807, 2.05) is 18.2 Å². The standard InChI is InChI=1S/C22H29N3O6/c1-14(26)24(2)18-12-17(25-9-7-22(31,8-10-25)13-20(28)29)5-3-15(18)11-16-4-6-19(27)23-21(16)30/h3,5,12,16,31H,4,6-11,13H2,1-2H3,(H,28,29)(H,23,27,30). The lowest BCUT2D eigenvalue weighted by molar-refractivity contribution is -0.143. The Morgan fingerprint density at radius 3 is 2.52 bits per heavy atom. The van der Waals surface area contributed by atoms with Gasteiger partial charge >= 0.3 is 5.97 Å². The van der Waals surface area contributed by atoms with E-state index in [9.17, 15) is 24.3 Å². The predicted octanol–water partition coefficient (Wildman–Crippen LogP) is 1.07. The molecule has 1 unspecified atom stereocenters. The summed E-state index contributed by atoms with van der Waals surface area (Å²) in [4.78, 5) is 50.3. The van der Waals surface area contributed by atoms with E-state index >= 15 is 0 Å². The normalized spacial score (nSPS) is 20.9. The van der Waals surface area contributed by atoms with Crippen molar-refractivity contribution in [3.63, 3.8) is 0 Å². The maximum Gasteiger partial charge on any atom is 0.306 e. The monoisotopic (exact) mass is 431 g/mol. The van der Waals surface area contributed by atoms with Crippen molar-refractivity contribution in [1.29, 1.82) is 0 Å². The van der Waals surface area contributed by atoms with E-state index in [1.54, 1.807) is 7.05 Å². The van der Waals surface area contributed by atoms with Gasteiger partial charge in [-0.3, -0.25) is 24.5 Å². The zero-order valence-electron chi connectivity index (χ0n) is 17.9. The number of hydrogen-bond acceptors (Lipinski definition) is 6. The lowest BCUT2D eigenvalue weighted by atomic mass is 9.87. The van der Waals surface area contributed by atoms with Gasteiger partial charge in [0.2, 0.25) is 17.7 Å². The van der Waals surface area contributed by atoms with Crippen LogP contribution in [0.2, 0.25) is 0 Å². The van der Waals surface area contributed by atoms with E-state index in [1.165, 1.54) is 11.8 Å². The van der Waals surface area contributed by atoms with Crippen LogP contribution in [-0.4, -0.2) is 59.6 Å². The van der Waals surface area contributed by atoms with Gasteiger partial charge in [0.1, 0.15) is 0 Å². The molecule has 0 bridgehead atoms. The number of nitrogens with zero attached hydrogens (tertiary/aromatic N) is 2. The maximum atomic E-state index is 12.2. The molecule has 0 spiro atoms. The molecule has 168 valence electrons. The zero-order valence-corrected chi connectivity index (χ0v) is 17.9. The molecule has 1 atom stereocenters. The van der Waals surface area contributed by atoms with Crippen LogP contribution < -0.4 is 15.1 Å². The smallest absolute Gasteiger partial charge is 0.306 e. The Morgan fingerprint density at radius 1 is 1.26 bits per heavy atom. The minimum Gasteiger partial charge on any atom is -0.481 e. The first-order chi connectivity index (χ1) is 14.6. The molecule has 2 saturated heterocycles. The number of amides is 3. The van der Waals surface area contributed by atoms with Gasteiger partial charge in [0, 0.05) is 50.8 Å². The molecule has 3 rings (SSSR count). The fourth-order valence-corrected chi connectivity index (χ4v) is 4.24. The van der Waals surface area contributed by atoms with Gasteiger partial charge in [0.25, 0.3) is 0 Å². The van der Waals surface area contributed by atoms with Gasteiger partial charge in [-0.25, -0.2) is 0 Å². The number of piperidine rings is 2. The minimum absolute atomic E-state index is 0.142. The second-order valence-corrected chi connectivity index (χ2v) is 8.53. The molecule has 1 aromatic rings. The van der Waals surface area contributed by atoms with Crippen molar-refractivity contribution < 1.29 is 29.4 Å². The van der Waals surface area contributed by atoms with E-state index in [2.05, 4.69) is 10.2 Å². The van der Waals surface area contributed by atoms with E-state index < -0.39 is 11.6 Å². The van der Waals surface area contributed by atoms with Crippen molar-refractivity contribution >= 4 is 35.1 Å². The molecule has 9 nitrogen and oxygen atoms in total. The van der Waals surface area contributed by atoms with Crippen molar-refractivity contribution in [2.24, 2.45) is 5.92 Å². The van der Waals surface area contributed by atoms with Crippen LogP contribution in [0.25, 0.3) is 0 Å². The van der Waals surface area contributed by atoms with Crippen molar-refractivity contribution in [3.8, 4) is 0 Å². The second-order valence-electron chi connectivity index (χ2n) is 8.53. The van der Waals surface area contributed by atoms with Crippen LogP contribution in [0.5, 0.6) is 0 Å². The molecule has 0 saturated carbocycles. The van der Waals surface area contributed by atoms with Crippen molar-refractivity contribution in [2.75, 3.05) is 29.9 Å². The number of carbonyl (C=O) groups excluding carboxylic acids is 3. The highest BCUT2D eigenvalue weighted by molar-refractivity contribution is 5.99. The average Bonchev–Trinajstić information content (AvgIpc) is 2.69. The number of hydrogen-bond donors (Lipinski definition) is 3. The van der Waals surface area contributed by atoms with Gasteiger partial charge in [-0.05, 0) is 43.4 Å². The lowest BCUT2D eigenvalue weighted by Gasteiger charge is -2.39. The number of rotatable bonds is 6. The number of anilines is 2. The number of carbonyl (C=O) groups is 4. The number of aliphatic hydroxyl groups is 1. The third-order valence-electron chi connectivity index (χ3n) is 6.26. The fraction of sp³-hybridized carbons (Fsp3) is 0.545. The summed E-state index contributed by atoms with van der Waals surface area (Å²) in [7, 11) is 1.68. The number of imide groups is 1. The van der Waals surface area contributed by atoms with E-state index in [-0.39, 0.29) is 30.1 Å². The van der Waals surface area contributed by atoms with E-state index in [4.69, 9.17) is 5.11 Å². The highest BCUT2D eigenvalue weighted by Crippen LogP contribution is 2.33. The van der Waals surface area contributed by atoms with Crippen LogP contribution in [0.4, 0.5) is 11.4 Å². The first-order valence-corrected chi connectivity index (χ1v) is 10.5. The Balaban J connectivity index is 1.80. The van der Waals surface area contributed by atoms with Crippen LogP contribution in [0.3, 0.4) is 0 Å². The van der Waals surface area contributed by atoms with Crippen LogP contribution in [0.1, 0.15) is 44.6 Å². The first kappa shape index (κ1) is 22.7. The summed E-state index contributed by atoms with van der Waals surface area (Å²) in [5.74, 6) is -2.03. The number of aliphatic carboxylic acids is 1. The summed E-state index contributed by atoms with van der Waals surface area (Å²) in [6.45, 7) is 2.47. The van der Waals surface area contributed by atoms with E-state index in [0.717, 1.165) is 11.3 Å². The Labute approximate surface area is 181 Å². The molecule has 3 N–H and O–H groups in total. The van der Waals surface area contributed by atoms with Crippen LogP contribution >= 0.6 is 0 Å². The molecule has 31 heavy (non-hydrogen) atoms. The van der Waals surface area contributed by atoms with Gasteiger partial charge in [-0.15, -0.1) is 0 Å². The predicted molar refractivity (Wildman–Crippen MR) is 114 cm³/mol. The maximum absolute atomic E-state index is 12.2. The Kier molecular flexibility index (Phi) is 6.64. The summed E-state index contributed by atoms with van der Waals surface area (Å²) in [5.41, 5.74) is 1.21. The molecule has 2 fully saturated rings. The molecule has 0 aliphatic carbocycles. The van der Waals surface area contributed by atoms with Gasteiger partial charge in [-0.2, -0.15) is 0 Å². The van der Waals surface area contributed by atoms with Crippen LogP contribution in [0.15, 0.2) is 18.2 Å². The molecule has 2 aliphatic rings. The summed E-state index contributed by atoms with van der Waals surface area (Å²) in [5, 5.41) is 21.8. The largest absolute Gasteiger partial charge is 0.481 e. The van der Waals surface area contributed by atoms with Crippen LogP contribution in [0, 0.1) is 5.92 Å². The molecule has 0 aromatic heterocycles. The summed E-state index contributed by atoms with van der Waals surface area (Å²) in [6, 6.07) is 5.70. The van der Waals surface area contributed by atoms with Gasteiger partial charge in [-0.1, -0.05) is 6.07 Å². The van der Waals surface area contributed by atoms with Gasteiger partial charge in [0.05, 0.1) is 12.0 Å². The summed E-state index contributed by atoms with van der Waals surface area (Å²) < 4.78 is 0. The molecular weight excluding hydrogens is 402 g/mol. The van der Waals surface area contributed by atoms with Gasteiger partial charge < -0.3 is 20.0 Å². The number of carboxylic acids is 1. The molecule has 2 aliphatic heterocycles. The molecular formula is C22H29N3O6. The van der Waals surface area contributed by atoms with Crippen molar-refractivity contribution in [2.45, 2.75) is 51.0 Å². The third kappa shape index (κ3) is 5.41. The van der Waals surface area contributed by atoms with E-state index in [0.29, 0.717) is 50.9 Å². The first-order valence-electron chi connectivity index (χ1n) is 10.5. The molecule has 2 heterocycles. The summed E-state index contributed by atoms with van der Waals surface area (Å²) >= 11 is 0. The summed E-state index contributed by atoms with van der Waals surface area (Å²) in [6.07, 6.45) is 1.61. The highest BCUT2D eigenvalue weighted by Gasteiger charge is 2.35. The Hall–Kier alpha value is -2.94. The van der Waals surface area contributed by atoms with Crippen molar-refractivity contribution in [1.82, 2.24) is 5.32 Å². The number of carboxylic acid groups (broad SMARTS) is 1. The Morgan fingerprint density at radius 2 is 1.94 bits per heavy atom. The molecule has 9 heteroatoms.